The number of thiophene rings is 1. The van der Waals surface area contributed by atoms with Gasteiger partial charge in [0.1, 0.15) is 5.82 Å². The Bertz CT molecular complexity index is 3250. The van der Waals surface area contributed by atoms with E-state index in [-0.39, 0.29) is 0 Å². The summed E-state index contributed by atoms with van der Waals surface area (Å²) in [5, 5.41) is 12.2. The lowest BCUT2D eigenvalue weighted by atomic mass is 10.1. The highest BCUT2D eigenvalue weighted by atomic mass is 32.1. The van der Waals surface area contributed by atoms with Crippen molar-refractivity contribution in [3.63, 3.8) is 0 Å². The van der Waals surface area contributed by atoms with Crippen molar-refractivity contribution in [1.82, 2.24) is 19.1 Å². The van der Waals surface area contributed by atoms with Crippen LogP contribution in [0, 0.1) is 0 Å². The summed E-state index contributed by atoms with van der Waals surface area (Å²) in [5.74, 6) is 1.49. The summed E-state index contributed by atoms with van der Waals surface area (Å²) in [7, 11) is -3.25. The molecule has 12 rings (SSSR count). The Morgan fingerprint density at radius 1 is 0.379 bits per heavy atom. The molecule has 0 aliphatic heterocycles. The van der Waals surface area contributed by atoms with Crippen molar-refractivity contribution < 1.29 is 0 Å². The average Bonchev–Trinajstić information content (AvgIpc) is 3.96. The van der Waals surface area contributed by atoms with Gasteiger partial charge in [0, 0.05) is 47.0 Å². The van der Waals surface area contributed by atoms with Gasteiger partial charge in [-0.05, 0) is 52.0 Å². The van der Waals surface area contributed by atoms with Crippen LogP contribution in [0.2, 0.25) is 0 Å². The first-order chi connectivity index (χ1) is 28.8. The fraction of sp³-hybridized carbons (Fsp3) is 0. The third-order valence-corrected chi connectivity index (χ3v) is 17.9. The molecule has 4 heterocycles. The number of aromatic nitrogens is 4. The second-order valence-electron chi connectivity index (χ2n) is 14.9. The summed E-state index contributed by atoms with van der Waals surface area (Å²) in [6.45, 7) is 0. The van der Waals surface area contributed by atoms with Crippen LogP contribution in [0.4, 0.5) is 0 Å². The third-order valence-electron chi connectivity index (χ3n) is 11.9. The summed E-state index contributed by atoms with van der Waals surface area (Å²) in [6, 6.07) is 75.0. The molecule has 6 heteroatoms. The second kappa shape index (κ2) is 13.0. The fourth-order valence-corrected chi connectivity index (χ4v) is 15.8. The van der Waals surface area contributed by atoms with Gasteiger partial charge in [0.2, 0.25) is 14.0 Å². The van der Waals surface area contributed by atoms with E-state index < -0.39 is 8.07 Å². The molecule has 0 aliphatic carbocycles. The summed E-state index contributed by atoms with van der Waals surface area (Å²) in [6.07, 6.45) is 0. The molecule has 0 amide bonds. The Morgan fingerprint density at radius 2 is 0.828 bits per heavy atom. The fourth-order valence-electron chi connectivity index (χ4n) is 9.47. The first-order valence-electron chi connectivity index (χ1n) is 19.7. The molecule has 0 atom stereocenters. The molecule has 4 aromatic heterocycles. The second-order valence-corrected chi connectivity index (χ2v) is 19.7. The molecule has 12 aromatic rings. The van der Waals surface area contributed by atoms with Crippen LogP contribution < -0.4 is 20.9 Å². The van der Waals surface area contributed by atoms with Crippen molar-refractivity contribution in [3.05, 3.63) is 206 Å². The Hall–Kier alpha value is -7.12. The van der Waals surface area contributed by atoms with E-state index in [2.05, 4.69) is 215 Å². The molecule has 272 valence electrons. The van der Waals surface area contributed by atoms with E-state index in [0.29, 0.717) is 5.95 Å². The highest BCUT2D eigenvalue weighted by Gasteiger charge is 2.45. The first-order valence-corrected chi connectivity index (χ1v) is 22.5. The zero-order valence-electron chi connectivity index (χ0n) is 31.3. The Kier molecular flexibility index (Phi) is 7.39. The number of hydrogen-bond donors (Lipinski definition) is 0. The quantitative estimate of drug-likeness (QED) is 0.125. The van der Waals surface area contributed by atoms with Crippen LogP contribution in [0.3, 0.4) is 0 Å². The Labute approximate surface area is 339 Å². The van der Waals surface area contributed by atoms with Crippen molar-refractivity contribution in [1.29, 1.82) is 0 Å². The van der Waals surface area contributed by atoms with Gasteiger partial charge in [-0.25, -0.2) is 4.98 Å². The van der Waals surface area contributed by atoms with E-state index in [4.69, 9.17) is 9.97 Å². The molecule has 0 spiro atoms. The van der Waals surface area contributed by atoms with E-state index >= 15 is 0 Å². The molecule has 0 bridgehead atoms. The van der Waals surface area contributed by atoms with Crippen molar-refractivity contribution in [2.45, 2.75) is 0 Å². The Morgan fingerprint density at radius 3 is 1.38 bits per heavy atom. The monoisotopic (exact) mass is 774 g/mol. The first kappa shape index (κ1) is 33.1. The molecule has 0 radical (unpaired) electrons. The van der Waals surface area contributed by atoms with Crippen LogP contribution in [0.25, 0.3) is 75.6 Å². The molecule has 0 fully saturated rings. The normalized spacial score (nSPS) is 12.1. The smallest absolute Gasteiger partial charge is 0.236 e. The summed E-state index contributed by atoms with van der Waals surface area (Å²) in [4.78, 5) is 11.6. The van der Waals surface area contributed by atoms with Crippen LogP contribution >= 0.6 is 11.3 Å². The van der Waals surface area contributed by atoms with E-state index in [9.17, 15) is 0 Å². The standard InChI is InChI=1S/C52H34N4SSi/c1-3-18-35(19-4-1)58(36-20-5-2-6-21-36,48-33-17-27-42-41-26-11-16-32-47(41)57-51(42)48)50-34-49(55-43-28-12-7-22-37(43)38-23-8-13-29-44(38)55)53-52(54-50)56-45-30-14-9-24-39(45)40-25-10-15-31-46(40)56/h1-34H. The number of rotatable bonds is 6. The maximum absolute atomic E-state index is 5.91. The van der Waals surface area contributed by atoms with Gasteiger partial charge in [0.05, 0.1) is 22.1 Å². The van der Waals surface area contributed by atoms with E-state index in [1.165, 1.54) is 57.3 Å². The molecule has 8 aromatic carbocycles. The maximum Gasteiger partial charge on any atom is 0.236 e. The molecule has 0 aliphatic rings. The van der Waals surface area contributed by atoms with Gasteiger partial charge in [-0.1, -0.05) is 170 Å². The van der Waals surface area contributed by atoms with Gasteiger partial charge in [-0.3, -0.25) is 9.13 Å². The van der Waals surface area contributed by atoms with E-state index in [0.717, 1.165) is 33.2 Å². The van der Waals surface area contributed by atoms with Crippen molar-refractivity contribution in [2.75, 3.05) is 0 Å². The summed E-state index contributed by atoms with van der Waals surface area (Å²) < 4.78 is 7.22. The minimum absolute atomic E-state index is 0.652. The van der Waals surface area contributed by atoms with Crippen LogP contribution in [0.5, 0.6) is 0 Å². The molecule has 0 saturated carbocycles. The van der Waals surface area contributed by atoms with Gasteiger partial charge < -0.3 is 0 Å². The molecule has 0 saturated heterocycles. The number of hydrogen-bond acceptors (Lipinski definition) is 3. The molecule has 0 unspecified atom stereocenters. The maximum atomic E-state index is 5.91. The van der Waals surface area contributed by atoms with Crippen molar-refractivity contribution in [3.8, 4) is 11.8 Å². The molecule has 58 heavy (non-hydrogen) atoms. The molecule has 4 nitrogen and oxygen atoms in total. The van der Waals surface area contributed by atoms with Crippen molar-refractivity contribution >= 4 is 104 Å². The Balaban J connectivity index is 1.30. The average molecular weight is 775 g/mol. The third kappa shape index (κ3) is 4.73. The summed E-state index contributed by atoms with van der Waals surface area (Å²) >= 11 is 1.89. The van der Waals surface area contributed by atoms with E-state index in [1.807, 2.05) is 11.3 Å². The van der Waals surface area contributed by atoms with Gasteiger partial charge >= 0.3 is 0 Å². The highest BCUT2D eigenvalue weighted by Crippen LogP contribution is 2.36. The van der Waals surface area contributed by atoms with Crippen LogP contribution in [-0.2, 0) is 0 Å². The van der Waals surface area contributed by atoms with E-state index in [1.54, 1.807) is 0 Å². The number of para-hydroxylation sites is 4. The van der Waals surface area contributed by atoms with Crippen LogP contribution in [-0.4, -0.2) is 27.2 Å². The predicted molar refractivity (Wildman–Crippen MR) is 247 cm³/mol. The van der Waals surface area contributed by atoms with Gasteiger partial charge in [0.15, 0.2) is 0 Å². The predicted octanol–water partition coefficient (Wildman–Crippen LogP) is 10.4. The van der Waals surface area contributed by atoms with Gasteiger partial charge in [-0.2, -0.15) is 4.98 Å². The lowest BCUT2D eigenvalue weighted by molar-refractivity contribution is 0.959. The van der Waals surface area contributed by atoms with Gasteiger partial charge in [0.25, 0.3) is 0 Å². The highest BCUT2D eigenvalue weighted by molar-refractivity contribution is 7.30. The summed E-state index contributed by atoms with van der Waals surface area (Å²) in [5.41, 5.74) is 4.37. The zero-order chi connectivity index (χ0) is 38.2. The lowest BCUT2D eigenvalue weighted by Crippen LogP contribution is -2.75. The minimum Gasteiger partial charge on any atom is -0.294 e. The molecule has 0 N–H and O–H groups in total. The minimum atomic E-state index is -3.25. The number of fused-ring (bicyclic) bond motifs is 9. The molecular formula is C52H34N4SSi. The van der Waals surface area contributed by atoms with Crippen LogP contribution in [0.1, 0.15) is 0 Å². The molecular weight excluding hydrogens is 741 g/mol. The number of benzene rings is 8. The van der Waals surface area contributed by atoms with Crippen LogP contribution in [0.15, 0.2) is 206 Å². The largest absolute Gasteiger partial charge is 0.294 e. The number of nitrogens with zero attached hydrogens (tertiary/aromatic N) is 4. The SMILES string of the molecule is c1ccc([Si](c2ccccc2)(c2cc(-n3c4ccccc4c4ccccc43)nc(-n3c4ccccc4c4ccccc43)n2)c2cccc3c2sc2ccccc23)cc1. The zero-order valence-corrected chi connectivity index (χ0v) is 33.1. The van der Waals surface area contributed by atoms with Gasteiger partial charge in [-0.15, -0.1) is 11.3 Å². The lowest BCUT2D eigenvalue weighted by Gasteiger charge is -2.34. The topological polar surface area (TPSA) is 35.6 Å². The van der Waals surface area contributed by atoms with Crippen molar-refractivity contribution in [2.24, 2.45) is 0 Å².